The first-order valence-corrected chi connectivity index (χ1v) is 6.25. The van der Waals surface area contributed by atoms with Gasteiger partial charge in [0.15, 0.2) is 0 Å². The Hall–Kier alpha value is -0.890. The van der Waals surface area contributed by atoms with Crippen LogP contribution in [0.2, 0.25) is 5.02 Å². The van der Waals surface area contributed by atoms with Crippen LogP contribution in [0.15, 0.2) is 18.2 Å². The summed E-state index contributed by atoms with van der Waals surface area (Å²) in [7, 11) is 0. The molecule has 88 valence electrons. The van der Waals surface area contributed by atoms with Crippen LogP contribution in [0.5, 0.6) is 0 Å². The lowest BCUT2D eigenvalue weighted by atomic mass is 9.88. The zero-order valence-electron chi connectivity index (χ0n) is 9.91. The molecule has 2 atom stereocenters. The van der Waals surface area contributed by atoms with E-state index >= 15 is 0 Å². The van der Waals surface area contributed by atoms with Crippen molar-refractivity contribution in [1.82, 2.24) is 0 Å². The van der Waals surface area contributed by atoms with Gasteiger partial charge in [-0.2, -0.15) is 0 Å². The monoisotopic (exact) mass is 238 g/mol. The minimum atomic E-state index is 0.708. The Labute approximate surface area is 102 Å². The summed E-state index contributed by atoms with van der Waals surface area (Å²) in [5.41, 5.74) is 7.92. The highest BCUT2D eigenvalue weighted by Crippen LogP contribution is 2.31. The normalized spacial score (nSPS) is 25.8. The topological polar surface area (TPSA) is 29.3 Å². The fraction of sp³-hybridized carbons (Fsp3) is 0.538. The van der Waals surface area contributed by atoms with Gasteiger partial charge >= 0.3 is 0 Å². The number of rotatable bonds is 1. The summed E-state index contributed by atoms with van der Waals surface area (Å²) < 4.78 is 0. The SMILES string of the molecule is CC1CCN(c2ccc(Cl)cc2N)CC1C. The van der Waals surface area contributed by atoms with E-state index in [1.54, 1.807) is 0 Å². The summed E-state index contributed by atoms with van der Waals surface area (Å²) in [5, 5.41) is 0.708. The number of nitrogens with two attached hydrogens (primary N) is 1. The van der Waals surface area contributed by atoms with Crippen molar-refractivity contribution >= 4 is 23.0 Å². The molecule has 2 nitrogen and oxygen atoms in total. The van der Waals surface area contributed by atoms with Gasteiger partial charge in [0, 0.05) is 18.1 Å². The minimum absolute atomic E-state index is 0.708. The third kappa shape index (κ3) is 2.27. The summed E-state index contributed by atoms with van der Waals surface area (Å²) in [6.07, 6.45) is 1.24. The zero-order valence-corrected chi connectivity index (χ0v) is 10.7. The van der Waals surface area contributed by atoms with Gasteiger partial charge in [0.05, 0.1) is 11.4 Å². The molecule has 1 aliphatic heterocycles. The first-order chi connectivity index (χ1) is 7.58. The second-order valence-corrected chi connectivity index (χ2v) is 5.33. The zero-order chi connectivity index (χ0) is 11.7. The van der Waals surface area contributed by atoms with Gasteiger partial charge in [-0.1, -0.05) is 25.4 Å². The number of hydrogen-bond acceptors (Lipinski definition) is 2. The maximum Gasteiger partial charge on any atom is 0.0601 e. The molecule has 0 radical (unpaired) electrons. The molecule has 16 heavy (non-hydrogen) atoms. The number of nitrogens with zero attached hydrogens (tertiary/aromatic N) is 1. The lowest BCUT2D eigenvalue weighted by molar-refractivity contribution is 0.324. The molecule has 3 heteroatoms. The van der Waals surface area contributed by atoms with E-state index in [4.69, 9.17) is 17.3 Å². The van der Waals surface area contributed by atoms with Gasteiger partial charge in [0.25, 0.3) is 0 Å². The van der Waals surface area contributed by atoms with Gasteiger partial charge in [-0.05, 0) is 36.5 Å². The van der Waals surface area contributed by atoms with Crippen LogP contribution >= 0.6 is 11.6 Å². The minimum Gasteiger partial charge on any atom is -0.397 e. The van der Waals surface area contributed by atoms with E-state index < -0.39 is 0 Å². The quantitative estimate of drug-likeness (QED) is 0.760. The maximum atomic E-state index is 6.01. The fourth-order valence-electron chi connectivity index (χ4n) is 2.30. The highest BCUT2D eigenvalue weighted by atomic mass is 35.5. The molecular formula is C13H19ClN2. The molecule has 0 aromatic heterocycles. The van der Waals surface area contributed by atoms with Crippen molar-refractivity contribution in [2.75, 3.05) is 23.7 Å². The van der Waals surface area contributed by atoms with Crippen LogP contribution in [0.3, 0.4) is 0 Å². The molecule has 0 aliphatic carbocycles. The maximum absolute atomic E-state index is 6.01. The third-order valence-electron chi connectivity index (χ3n) is 3.66. The van der Waals surface area contributed by atoms with Gasteiger partial charge < -0.3 is 10.6 Å². The van der Waals surface area contributed by atoms with Gasteiger partial charge in [0.2, 0.25) is 0 Å². The Bertz CT molecular complexity index is 378. The smallest absolute Gasteiger partial charge is 0.0601 e. The van der Waals surface area contributed by atoms with Crippen molar-refractivity contribution < 1.29 is 0 Å². The van der Waals surface area contributed by atoms with E-state index in [1.165, 1.54) is 6.42 Å². The molecule has 1 aromatic carbocycles. The van der Waals surface area contributed by atoms with E-state index in [9.17, 15) is 0 Å². The summed E-state index contributed by atoms with van der Waals surface area (Å²) in [6.45, 7) is 6.82. The Morgan fingerprint density at radius 2 is 2.06 bits per heavy atom. The van der Waals surface area contributed by atoms with Crippen LogP contribution in [-0.4, -0.2) is 13.1 Å². The van der Waals surface area contributed by atoms with E-state index in [-0.39, 0.29) is 0 Å². The standard InChI is InChI=1S/C13H19ClN2/c1-9-5-6-16(8-10(9)2)13-4-3-11(14)7-12(13)15/h3-4,7,9-10H,5-6,8,15H2,1-2H3. The summed E-state index contributed by atoms with van der Waals surface area (Å²) in [4.78, 5) is 2.37. The Morgan fingerprint density at radius 3 is 2.69 bits per heavy atom. The Kier molecular flexibility index (Phi) is 3.29. The van der Waals surface area contributed by atoms with Gasteiger partial charge in [-0.25, -0.2) is 0 Å². The van der Waals surface area contributed by atoms with Crippen molar-refractivity contribution in [3.05, 3.63) is 23.2 Å². The fourth-order valence-corrected chi connectivity index (χ4v) is 2.48. The number of hydrogen-bond donors (Lipinski definition) is 1. The number of nitrogen functional groups attached to an aromatic ring is 1. The molecule has 2 rings (SSSR count). The van der Waals surface area contributed by atoms with Crippen LogP contribution in [0.25, 0.3) is 0 Å². The van der Waals surface area contributed by atoms with Crippen LogP contribution in [0.1, 0.15) is 20.3 Å². The number of halogens is 1. The molecule has 2 unspecified atom stereocenters. The molecule has 1 aromatic rings. The van der Waals surface area contributed by atoms with E-state index in [2.05, 4.69) is 18.7 Å². The Balaban J connectivity index is 2.18. The summed E-state index contributed by atoms with van der Waals surface area (Å²) >= 11 is 5.91. The predicted octanol–water partition coefficient (Wildman–Crippen LogP) is 3.40. The largest absolute Gasteiger partial charge is 0.397 e. The van der Waals surface area contributed by atoms with Crippen molar-refractivity contribution in [3.63, 3.8) is 0 Å². The van der Waals surface area contributed by atoms with Crippen molar-refractivity contribution in [1.29, 1.82) is 0 Å². The molecule has 1 aliphatic rings. The van der Waals surface area contributed by atoms with Crippen LogP contribution in [-0.2, 0) is 0 Å². The predicted molar refractivity (Wildman–Crippen MR) is 71.0 cm³/mol. The first-order valence-electron chi connectivity index (χ1n) is 5.88. The molecule has 1 fully saturated rings. The van der Waals surface area contributed by atoms with Crippen molar-refractivity contribution in [2.45, 2.75) is 20.3 Å². The molecular weight excluding hydrogens is 220 g/mol. The average molecular weight is 239 g/mol. The average Bonchev–Trinajstić information content (AvgIpc) is 2.22. The van der Waals surface area contributed by atoms with Crippen molar-refractivity contribution in [2.24, 2.45) is 11.8 Å². The van der Waals surface area contributed by atoms with Crippen molar-refractivity contribution in [3.8, 4) is 0 Å². The summed E-state index contributed by atoms with van der Waals surface area (Å²) in [5.74, 6) is 1.54. The van der Waals surface area contributed by atoms with Gasteiger partial charge in [0.1, 0.15) is 0 Å². The molecule has 0 saturated carbocycles. The molecule has 2 N–H and O–H groups in total. The lowest BCUT2D eigenvalue weighted by Crippen LogP contribution is -2.38. The highest BCUT2D eigenvalue weighted by Gasteiger charge is 2.23. The van der Waals surface area contributed by atoms with E-state index in [0.717, 1.165) is 36.3 Å². The number of benzene rings is 1. The van der Waals surface area contributed by atoms with E-state index in [0.29, 0.717) is 5.02 Å². The second kappa shape index (κ2) is 4.54. The molecule has 0 amide bonds. The van der Waals surface area contributed by atoms with E-state index in [1.807, 2.05) is 18.2 Å². The highest BCUT2D eigenvalue weighted by molar-refractivity contribution is 6.31. The first kappa shape index (κ1) is 11.6. The van der Waals surface area contributed by atoms with Crippen LogP contribution in [0, 0.1) is 11.8 Å². The van der Waals surface area contributed by atoms with Crippen LogP contribution in [0.4, 0.5) is 11.4 Å². The number of anilines is 2. The molecule has 1 saturated heterocycles. The lowest BCUT2D eigenvalue weighted by Gasteiger charge is -2.37. The van der Waals surface area contributed by atoms with Gasteiger partial charge in [-0.15, -0.1) is 0 Å². The molecule has 1 heterocycles. The van der Waals surface area contributed by atoms with Crippen LogP contribution < -0.4 is 10.6 Å². The third-order valence-corrected chi connectivity index (χ3v) is 3.90. The summed E-state index contributed by atoms with van der Waals surface area (Å²) in [6, 6.07) is 5.77. The van der Waals surface area contributed by atoms with Gasteiger partial charge in [-0.3, -0.25) is 0 Å². The number of piperidine rings is 1. The second-order valence-electron chi connectivity index (χ2n) is 4.89. The molecule has 0 spiro atoms. The Morgan fingerprint density at radius 1 is 1.31 bits per heavy atom. The molecule has 0 bridgehead atoms.